The molecule has 9 rings (SSSR count). The molecule has 0 bridgehead atoms. The van der Waals surface area contributed by atoms with Crippen LogP contribution in [0.5, 0.6) is 0 Å². The van der Waals surface area contributed by atoms with Gasteiger partial charge >= 0.3 is 0 Å². The number of hydrogen-bond acceptors (Lipinski definition) is 2. The van der Waals surface area contributed by atoms with E-state index in [1.54, 1.807) is 0 Å². The summed E-state index contributed by atoms with van der Waals surface area (Å²) >= 11 is 0. The van der Waals surface area contributed by atoms with Gasteiger partial charge in [0, 0.05) is 29.5 Å². The maximum atomic E-state index is 4.21. The molecule has 6 aromatic carbocycles. The van der Waals surface area contributed by atoms with Crippen molar-refractivity contribution in [2.24, 2.45) is 0 Å². The fourth-order valence-corrected chi connectivity index (χ4v) is 9.40. The standard InChI is InChI=1S/C46H44N2/c1-6-42-43(32-21-20-30-13-7-8-14-31(30)26-32)47-44(33-22-24-37-35-16-10-12-18-39(35)46(4,5)41(37)27-33)48(42)28-29-19-23-36-34-15-9-11-17-38(34)45(2,3)40(36)25-29/h7-27,42-44,47H,6,28H2,1-5H3/t42-,43?,44?/m1/s1. The van der Waals surface area contributed by atoms with Gasteiger partial charge in [0.05, 0.1) is 6.17 Å². The third kappa shape index (κ3) is 4.32. The van der Waals surface area contributed by atoms with Crippen LogP contribution in [-0.4, -0.2) is 10.9 Å². The molecule has 0 spiro atoms. The molecule has 48 heavy (non-hydrogen) atoms. The quantitative estimate of drug-likeness (QED) is 0.205. The summed E-state index contributed by atoms with van der Waals surface area (Å²) in [6, 6.07) is 48.8. The number of rotatable bonds is 5. The van der Waals surface area contributed by atoms with Gasteiger partial charge in [0.25, 0.3) is 0 Å². The van der Waals surface area contributed by atoms with Crippen molar-refractivity contribution in [2.45, 2.75) is 76.7 Å². The van der Waals surface area contributed by atoms with Gasteiger partial charge in [-0.25, -0.2) is 0 Å². The molecule has 3 aliphatic rings. The van der Waals surface area contributed by atoms with E-state index in [9.17, 15) is 0 Å². The lowest BCUT2D eigenvalue weighted by atomic mass is 9.81. The SMILES string of the molecule is CC[C@@H]1C(c2ccc3ccccc3c2)NC(c2ccc3c(c2)C(C)(C)c2ccccc2-3)N1Cc1ccc2c(c1)C(C)(C)c1ccccc1-2. The van der Waals surface area contributed by atoms with Crippen molar-refractivity contribution < 1.29 is 0 Å². The first-order valence-electron chi connectivity index (χ1n) is 17.7. The van der Waals surface area contributed by atoms with Crippen molar-refractivity contribution in [1.29, 1.82) is 0 Å². The van der Waals surface area contributed by atoms with Gasteiger partial charge in [-0.15, -0.1) is 0 Å². The number of benzene rings is 6. The fourth-order valence-electron chi connectivity index (χ4n) is 9.40. The third-order valence-electron chi connectivity index (χ3n) is 12.0. The monoisotopic (exact) mass is 624 g/mol. The second-order valence-corrected chi connectivity index (χ2v) is 15.3. The molecule has 2 nitrogen and oxygen atoms in total. The van der Waals surface area contributed by atoms with Crippen LogP contribution in [-0.2, 0) is 17.4 Å². The second-order valence-electron chi connectivity index (χ2n) is 15.3. The Bertz CT molecular complexity index is 2220. The fraction of sp³-hybridized carbons (Fsp3) is 0.261. The number of hydrogen-bond donors (Lipinski definition) is 1. The van der Waals surface area contributed by atoms with Crippen LogP contribution in [0, 0.1) is 0 Å². The van der Waals surface area contributed by atoms with E-state index in [0.29, 0.717) is 6.04 Å². The lowest BCUT2D eigenvalue weighted by Crippen LogP contribution is -2.33. The summed E-state index contributed by atoms with van der Waals surface area (Å²) in [7, 11) is 0. The van der Waals surface area contributed by atoms with Crippen LogP contribution < -0.4 is 5.32 Å². The van der Waals surface area contributed by atoms with Crippen molar-refractivity contribution in [3.63, 3.8) is 0 Å². The molecule has 1 fully saturated rings. The molecule has 2 heteroatoms. The Balaban J connectivity index is 1.14. The predicted molar refractivity (Wildman–Crippen MR) is 200 cm³/mol. The maximum Gasteiger partial charge on any atom is 0.0872 e. The average molecular weight is 625 g/mol. The normalized spacial score (nSPS) is 21.6. The van der Waals surface area contributed by atoms with Gasteiger partial charge in [-0.2, -0.15) is 0 Å². The van der Waals surface area contributed by atoms with Gasteiger partial charge in [0.2, 0.25) is 0 Å². The van der Waals surface area contributed by atoms with E-state index in [0.717, 1.165) is 13.0 Å². The van der Waals surface area contributed by atoms with Crippen molar-refractivity contribution >= 4 is 10.8 Å². The van der Waals surface area contributed by atoms with Crippen LogP contribution in [0.25, 0.3) is 33.0 Å². The zero-order valence-electron chi connectivity index (χ0n) is 28.7. The van der Waals surface area contributed by atoms with E-state index in [4.69, 9.17) is 0 Å². The van der Waals surface area contributed by atoms with Crippen LogP contribution in [0.2, 0.25) is 0 Å². The van der Waals surface area contributed by atoms with E-state index < -0.39 is 0 Å². The topological polar surface area (TPSA) is 15.3 Å². The van der Waals surface area contributed by atoms with Crippen LogP contribution >= 0.6 is 0 Å². The number of nitrogens with one attached hydrogen (secondary N) is 1. The first-order chi connectivity index (χ1) is 23.3. The summed E-state index contributed by atoms with van der Waals surface area (Å²) in [5.41, 5.74) is 15.3. The maximum absolute atomic E-state index is 4.21. The first-order valence-corrected chi connectivity index (χ1v) is 17.7. The van der Waals surface area contributed by atoms with Crippen molar-refractivity contribution in [1.82, 2.24) is 10.2 Å². The van der Waals surface area contributed by atoms with Crippen LogP contribution in [0.3, 0.4) is 0 Å². The zero-order valence-corrected chi connectivity index (χ0v) is 28.7. The minimum Gasteiger partial charge on any atom is -0.289 e. The lowest BCUT2D eigenvalue weighted by molar-refractivity contribution is 0.171. The van der Waals surface area contributed by atoms with Crippen molar-refractivity contribution in [3.8, 4) is 22.3 Å². The van der Waals surface area contributed by atoms with E-state index in [2.05, 4.69) is 172 Å². The molecule has 238 valence electrons. The summed E-state index contributed by atoms with van der Waals surface area (Å²) < 4.78 is 0. The highest BCUT2D eigenvalue weighted by Gasteiger charge is 2.43. The second kappa shape index (κ2) is 10.8. The summed E-state index contributed by atoms with van der Waals surface area (Å²) in [5, 5.41) is 6.81. The third-order valence-corrected chi connectivity index (χ3v) is 12.0. The molecule has 0 amide bonds. The van der Waals surface area contributed by atoms with E-state index >= 15 is 0 Å². The molecule has 1 heterocycles. The highest BCUT2D eigenvalue weighted by molar-refractivity contribution is 5.84. The van der Waals surface area contributed by atoms with Gasteiger partial charge in [-0.1, -0.05) is 156 Å². The Morgan fingerprint density at radius 3 is 1.79 bits per heavy atom. The van der Waals surface area contributed by atoms with E-state index in [1.807, 2.05) is 0 Å². The Morgan fingerprint density at radius 2 is 1.10 bits per heavy atom. The molecular weight excluding hydrogens is 581 g/mol. The summed E-state index contributed by atoms with van der Waals surface area (Å²) in [4.78, 5) is 2.76. The molecule has 0 aromatic heterocycles. The van der Waals surface area contributed by atoms with E-state index in [1.165, 1.54) is 72.0 Å². The van der Waals surface area contributed by atoms with Gasteiger partial charge in [0.15, 0.2) is 0 Å². The Morgan fingerprint density at radius 1 is 0.542 bits per heavy atom. The number of fused-ring (bicyclic) bond motifs is 7. The highest BCUT2D eigenvalue weighted by atomic mass is 15.4. The molecule has 3 atom stereocenters. The highest BCUT2D eigenvalue weighted by Crippen LogP contribution is 2.51. The molecule has 0 radical (unpaired) electrons. The summed E-state index contributed by atoms with van der Waals surface area (Å²) in [6.07, 6.45) is 1.15. The molecule has 2 aliphatic carbocycles. The zero-order chi connectivity index (χ0) is 32.8. The minimum absolute atomic E-state index is 0.0110. The molecule has 1 aliphatic heterocycles. The average Bonchev–Trinajstić information content (AvgIpc) is 3.67. The number of nitrogens with zero attached hydrogens (tertiary/aromatic N) is 1. The predicted octanol–water partition coefficient (Wildman–Crippen LogP) is 11.1. The smallest absolute Gasteiger partial charge is 0.0872 e. The molecule has 1 saturated heterocycles. The van der Waals surface area contributed by atoms with E-state index in [-0.39, 0.29) is 23.0 Å². The van der Waals surface area contributed by atoms with Crippen LogP contribution in [0.4, 0.5) is 0 Å². The van der Waals surface area contributed by atoms with Crippen LogP contribution in [0.15, 0.2) is 127 Å². The first kappa shape index (κ1) is 29.6. The van der Waals surface area contributed by atoms with Crippen LogP contribution in [0.1, 0.15) is 92.2 Å². The van der Waals surface area contributed by atoms with Crippen molar-refractivity contribution in [2.75, 3.05) is 0 Å². The molecular formula is C46H44N2. The van der Waals surface area contributed by atoms with Gasteiger partial charge < -0.3 is 0 Å². The Labute approximate surface area is 285 Å². The molecule has 6 aromatic rings. The summed E-state index contributed by atoms with van der Waals surface area (Å²) in [6.45, 7) is 12.8. The minimum atomic E-state index is -0.0339. The molecule has 2 unspecified atom stereocenters. The van der Waals surface area contributed by atoms with Gasteiger partial charge in [-0.05, 0) is 84.5 Å². The van der Waals surface area contributed by atoms with Gasteiger partial charge in [-0.3, -0.25) is 10.2 Å². The summed E-state index contributed by atoms with van der Waals surface area (Å²) in [5.74, 6) is 0. The van der Waals surface area contributed by atoms with Gasteiger partial charge in [0.1, 0.15) is 0 Å². The Kier molecular flexibility index (Phi) is 6.64. The molecule has 0 saturated carbocycles. The van der Waals surface area contributed by atoms with Crippen molar-refractivity contribution in [3.05, 3.63) is 166 Å². The Hall–Kier alpha value is -4.50. The largest absolute Gasteiger partial charge is 0.289 e. The lowest BCUT2D eigenvalue weighted by Gasteiger charge is -2.31. The molecule has 1 N–H and O–H groups in total.